The molecule has 1 N–H and O–H groups in total. The number of piperazine rings is 1. The van der Waals surface area contributed by atoms with Crippen LogP contribution in [-0.2, 0) is 9.53 Å². The summed E-state index contributed by atoms with van der Waals surface area (Å²) in [6, 6.07) is 10.9. The van der Waals surface area contributed by atoms with E-state index in [0.717, 1.165) is 57.1 Å². The molecule has 50 heavy (non-hydrogen) atoms. The van der Waals surface area contributed by atoms with E-state index in [0.29, 0.717) is 24.1 Å². The van der Waals surface area contributed by atoms with Crippen molar-refractivity contribution in [3.05, 3.63) is 54.7 Å². The van der Waals surface area contributed by atoms with E-state index in [1.165, 1.54) is 12.8 Å². The predicted molar refractivity (Wildman–Crippen MR) is 200 cm³/mol. The minimum atomic E-state index is -0.318. The van der Waals surface area contributed by atoms with Crippen LogP contribution in [0, 0.1) is 11.3 Å². The zero-order valence-electron chi connectivity index (χ0n) is 30.8. The normalized spacial score (nSPS) is 16.2. The second-order valence-electron chi connectivity index (χ2n) is 11.7. The molecule has 2 unspecified atom stereocenters. The molecule has 0 saturated carbocycles. The van der Waals surface area contributed by atoms with Crippen LogP contribution in [0.2, 0.25) is 0 Å². The van der Waals surface area contributed by atoms with Crippen LogP contribution in [0.25, 0.3) is 27.5 Å². The molecule has 5 aromatic rings. The molecule has 2 atom stereocenters. The Morgan fingerprint density at radius 1 is 1.02 bits per heavy atom. The van der Waals surface area contributed by atoms with Gasteiger partial charge >= 0.3 is 0 Å². The largest absolute Gasteiger partial charge is 0.462 e. The van der Waals surface area contributed by atoms with Gasteiger partial charge in [-0.25, -0.2) is 4.52 Å². The number of likely N-dealkylation sites (N-methyl/N-ethyl adjacent to an activating group) is 1. The summed E-state index contributed by atoms with van der Waals surface area (Å²) in [6.07, 6.45) is 9.01. The minimum absolute atomic E-state index is 0.318. The first-order valence-electron chi connectivity index (χ1n) is 17.2. The Balaban J connectivity index is 0.000000456. The van der Waals surface area contributed by atoms with Gasteiger partial charge in [0.05, 0.1) is 51.8 Å². The third-order valence-electron chi connectivity index (χ3n) is 7.67. The number of nitriles is 1. The Morgan fingerprint density at radius 3 is 2.30 bits per heavy atom. The quantitative estimate of drug-likeness (QED) is 0.172. The summed E-state index contributed by atoms with van der Waals surface area (Å²) in [6.45, 7) is 19.9. The molecular weight excluding hydrogens is 653 g/mol. The summed E-state index contributed by atoms with van der Waals surface area (Å²) in [5.41, 5.74) is 4.91. The van der Waals surface area contributed by atoms with Crippen LogP contribution in [-0.4, -0.2) is 79.1 Å². The molecular formula is C36H50N10O3S. The summed E-state index contributed by atoms with van der Waals surface area (Å²) in [5.74, 6) is 0. The third-order valence-corrected chi connectivity index (χ3v) is 8.69. The van der Waals surface area contributed by atoms with E-state index >= 15 is 0 Å². The van der Waals surface area contributed by atoms with Crippen LogP contribution in [0.4, 0.5) is 16.5 Å². The van der Waals surface area contributed by atoms with Crippen molar-refractivity contribution in [2.75, 3.05) is 30.4 Å². The molecule has 2 aliphatic rings. The molecule has 7 heterocycles. The van der Waals surface area contributed by atoms with Gasteiger partial charge in [0.1, 0.15) is 17.9 Å². The molecule has 0 amide bonds. The average molecular weight is 703 g/mol. The van der Waals surface area contributed by atoms with Crippen molar-refractivity contribution < 1.29 is 14.1 Å². The maximum Gasteiger partial charge on any atom is 0.293 e. The van der Waals surface area contributed by atoms with Crippen LogP contribution in [0.15, 0.2) is 53.6 Å². The number of rotatable bonds is 6. The van der Waals surface area contributed by atoms with Crippen LogP contribution < -0.4 is 10.2 Å². The summed E-state index contributed by atoms with van der Waals surface area (Å²) < 4.78 is 11.4. The maximum atomic E-state index is 9.60. The van der Waals surface area contributed by atoms with E-state index in [-0.39, 0.29) is 5.60 Å². The van der Waals surface area contributed by atoms with Gasteiger partial charge in [0, 0.05) is 31.4 Å². The lowest BCUT2D eigenvalue weighted by molar-refractivity contribution is -0.138. The zero-order valence-corrected chi connectivity index (χ0v) is 31.7. The lowest BCUT2D eigenvalue weighted by atomic mass is 10.2. The van der Waals surface area contributed by atoms with Crippen molar-refractivity contribution in [1.29, 1.82) is 5.26 Å². The third kappa shape index (κ3) is 9.64. The molecule has 2 bridgehead atoms. The van der Waals surface area contributed by atoms with Crippen molar-refractivity contribution >= 4 is 39.8 Å². The number of aromatic nitrogens is 6. The molecule has 0 radical (unpaired) electrons. The zero-order chi connectivity index (χ0) is 36.8. The Kier molecular flexibility index (Phi) is 14.9. The van der Waals surface area contributed by atoms with Crippen LogP contribution >= 0.6 is 11.3 Å². The van der Waals surface area contributed by atoms with Gasteiger partial charge in [-0.2, -0.15) is 10.4 Å². The molecule has 14 heteroatoms. The lowest BCUT2D eigenvalue weighted by Gasteiger charge is -2.38. The standard InChI is InChI=1S/C25H22N10OS.C5H10O2.3C2H6/c1-33-18-2-3-19(33)13-34(12-18)25-32-31-24(37-25)20-11-27-22(7-21(20)30-16-10-29-36-14-16)23-5-4-17-6-15(8-26)9-28-35(17)23;1-5(2,3)7-4-6;3*1-2/h4-7,9-11,14,18-19H,2-3,12-13H2,1H3,(H,27,30);4H,1-3H3;3*1-2H3. The number of pyridine rings is 1. The van der Waals surface area contributed by atoms with Crippen molar-refractivity contribution in [1.82, 2.24) is 34.9 Å². The number of carbonyl (C=O) groups excluding carboxylic acids is 1. The summed E-state index contributed by atoms with van der Waals surface area (Å²) >= 11 is 1.58. The summed E-state index contributed by atoms with van der Waals surface area (Å²) in [7, 11) is 2.23. The number of anilines is 3. The van der Waals surface area contributed by atoms with Gasteiger partial charge < -0.3 is 19.5 Å². The van der Waals surface area contributed by atoms with Crippen molar-refractivity contribution in [3.8, 4) is 28.0 Å². The average Bonchev–Trinajstić information content (AvgIpc) is 3.95. The molecule has 0 aromatic carbocycles. The van der Waals surface area contributed by atoms with Gasteiger partial charge in [-0.15, -0.1) is 10.2 Å². The van der Waals surface area contributed by atoms with Crippen LogP contribution in [0.3, 0.4) is 0 Å². The Labute approximate surface area is 299 Å². The van der Waals surface area contributed by atoms with Gasteiger partial charge in [-0.1, -0.05) is 58.0 Å². The highest BCUT2D eigenvalue weighted by Crippen LogP contribution is 2.38. The highest BCUT2D eigenvalue weighted by molar-refractivity contribution is 7.18. The molecule has 0 spiro atoms. The van der Waals surface area contributed by atoms with Crippen molar-refractivity contribution in [2.24, 2.45) is 0 Å². The van der Waals surface area contributed by atoms with Gasteiger partial charge in [0.2, 0.25) is 5.13 Å². The monoisotopic (exact) mass is 702 g/mol. The van der Waals surface area contributed by atoms with E-state index in [1.807, 2.05) is 86.7 Å². The summed E-state index contributed by atoms with van der Waals surface area (Å²) in [4.78, 5) is 19.2. The van der Waals surface area contributed by atoms with E-state index in [9.17, 15) is 10.1 Å². The van der Waals surface area contributed by atoms with Crippen LogP contribution in [0.1, 0.15) is 80.7 Å². The SMILES string of the molecule is CC.CC.CC.CC(C)(C)OC=O.CN1C2CCC1CN(c1nnc(-c3cnc(-c4ccc5cc(C#N)cnn45)cc3Nc3cnoc3)s1)C2. The fraction of sp³-hybridized carbons (Fsp3) is 0.472. The number of nitrogens with one attached hydrogen (secondary N) is 1. The maximum absolute atomic E-state index is 9.60. The number of hydrogen-bond donors (Lipinski definition) is 1. The second kappa shape index (κ2) is 18.8. The molecule has 2 saturated heterocycles. The number of ether oxygens (including phenoxy) is 1. The summed E-state index contributed by atoms with van der Waals surface area (Å²) in [5, 5.41) is 31.7. The van der Waals surface area contributed by atoms with E-state index in [1.54, 1.807) is 40.6 Å². The van der Waals surface area contributed by atoms with Crippen LogP contribution in [0.5, 0.6) is 0 Å². The minimum Gasteiger partial charge on any atom is -0.462 e. The highest BCUT2D eigenvalue weighted by Gasteiger charge is 2.38. The molecule has 2 fully saturated rings. The first kappa shape index (κ1) is 39.6. The first-order valence-corrected chi connectivity index (χ1v) is 18.0. The highest BCUT2D eigenvalue weighted by atomic mass is 32.1. The van der Waals surface area contributed by atoms with E-state index < -0.39 is 0 Å². The molecule has 5 aromatic heterocycles. The van der Waals surface area contributed by atoms with Gasteiger partial charge in [0.15, 0.2) is 5.01 Å². The number of fused-ring (bicyclic) bond motifs is 3. The topological polar surface area (TPSA) is 151 Å². The second-order valence-corrected chi connectivity index (χ2v) is 12.7. The van der Waals surface area contributed by atoms with E-state index in [2.05, 4.69) is 53.4 Å². The number of nitrogens with zero attached hydrogens (tertiary/aromatic N) is 9. The smallest absolute Gasteiger partial charge is 0.293 e. The Morgan fingerprint density at radius 2 is 1.72 bits per heavy atom. The predicted octanol–water partition coefficient (Wildman–Crippen LogP) is 7.84. The molecule has 7 rings (SSSR count). The van der Waals surface area contributed by atoms with Gasteiger partial charge in [-0.05, 0) is 64.9 Å². The Bertz CT molecular complexity index is 1790. The van der Waals surface area contributed by atoms with Gasteiger partial charge in [0.25, 0.3) is 6.47 Å². The molecule has 268 valence electrons. The molecule has 0 aliphatic carbocycles. The number of carbonyl (C=O) groups is 1. The number of hydrogen-bond acceptors (Lipinski definition) is 13. The van der Waals surface area contributed by atoms with E-state index in [4.69, 9.17) is 9.51 Å². The fourth-order valence-corrected chi connectivity index (χ4v) is 6.30. The molecule has 13 nitrogen and oxygen atoms in total. The lowest BCUT2D eigenvalue weighted by Crippen LogP contribution is -2.52. The van der Waals surface area contributed by atoms with Crippen molar-refractivity contribution in [3.63, 3.8) is 0 Å². The van der Waals surface area contributed by atoms with Crippen molar-refractivity contribution in [2.45, 2.75) is 92.8 Å². The Hall–Kier alpha value is -4.87. The first-order chi connectivity index (χ1) is 24.2. The molecule has 2 aliphatic heterocycles. The van der Waals surface area contributed by atoms with Gasteiger partial charge in [-0.3, -0.25) is 14.7 Å². The fourth-order valence-electron chi connectivity index (χ4n) is 5.41.